The minimum atomic E-state index is -3.57. The molecule has 2 aromatic carbocycles. The van der Waals surface area contributed by atoms with Gasteiger partial charge < -0.3 is 5.32 Å². The number of piperidine rings is 1. The van der Waals surface area contributed by atoms with Gasteiger partial charge in [0.15, 0.2) is 0 Å². The Morgan fingerprint density at radius 1 is 1.13 bits per heavy atom. The van der Waals surface area contributed by atoms with Crippen LogP contribution >= 0.6 is 35.0 Å². The van der Waals surface area contributed by atoms with Crippen LogP contribution in [0, 0.1) is 5.92 Å². The molecular formula is C21H24Cl2N2O3S2. The highest BCUT2D eigenvalue weighted by Gasteiger charge is 2.33. The molecule has 5 nitrogen and oxygen atoms in total. The number of thioether (sulfide) groups is 1. The number of rotatable bonds is 8. The number of hydrogen-bond donors (Lipinski definition) is 1. The van der Waals surface area contributed by atoms with Crippen molar-refractivity contribution >= 4 is 50.9 Å². The number of benzene rings is 2. The van der Waals surface area contributed by atoms with Crippen molar-refractivity contribution in [1.82, 2.24) is 9.62 Å². The molecule has 162 valence electrons. The highest BCUT2D eigenvalue weighted by Crippen LogP contribution is 2.25. The first-order chi connectivity index (χ1) is 14.4. The summed E-state index contributed by atoms with van der Waals surface area (Å²) in [6.45, 7) is 1.20. The van der Waals surface area contributed by atoms with Gasteiger partial charge in [-0.2, -0.15) is 16.1 Å². The highest BCUT2D eigenvalue weighted by molar-refractivity contribution is 7.98. The molecule has 1 amide bonds. The van der Waals surface area contributed by atoms with Gasteiger partial charge in [-0.15, -0.1) is 0 Å². The van der Waals surface area contributed by atoms with Crippen molar-refractivity contribution in [3.63, 3.8) is 0 Å². The number of nitrogens with zero attached hydrogens (tertiary/aromatic N) is 1. The Labute approximate surface area is 192 Å². The number of halogens is 2. The zero-order chi connectivity index (χ0) is 21.6. The second kappa shape index (κ2) is 10.9. The Morgan fingerprint density at radius 2 is 1.90 bits per heavy atom. The lowest BCUT2D eigenvalue weighted by atomic mass is 9.99. The molecule has 0 aliphatic carbocycles. The van der Waals surface area contributed by atoms with Crippen molar-refractivity contribution in [2.24, 2.45) is 5.92 Å². The van der Waals surface area contributed by atoms with E-state index in [9.17, 15) is 13.2 Å². The quantitative estimate of drug-likeness (QED) is 0.559. The molecule has 0 spiro atoms. The Bertz CT molecular complexity index is 971. The van der Waals surface area contributed by atoms with Crippen LogP contribution in [-0.4, -0.2) is 44.0 Å². The Balaban J connectivity index is 1.44. The van der Waals surface area contributed by atoms with Crippen LogP contribution < -0.4 is 5.32 Å². The summed E-state index contributed by atoms with van der Waals surface area (Å²) in [5, 5.41) is 4.02. The average molecular weight is 487 g/mol. The van der Waals surface area contributed by atoms with E-state index in [2.05, 4.69) is 5.32 Å². The van der Waals surface area contributed by atoms with Crippen molar-refractivity contribution in [2.45, 2.75) is 23.5 Å². The van der Waals surface area contributed by atoms with Crippen LogP contribution in [-0.2, 0) is 20.6 Å². The molecule has 30 heavy (non-hydrogen) atoms. The maximum atomic E-state index is 12.8. The SMILES string of the molecule is O=C(NCCSCc1ccc(Cl)c(Cl)c1)[C@H]1CCCN(S(=O)(=O)c2ccccc2)C1. The first-order valence-electron chi connectivity index (χ1n) is 9.72. The molecule has 9 heteroatoms. The molecule has 1 fully saturated rings. The fourth-order valence-corrected chi connectivity index (χ4v) is 6.00. The van der Waals surface area contributed by atoms with E-state index >= 15 is 0 Å². The summed E-state index contributed by atoms with van der Waals surface area (Å²) in [6, 6.07) is 13.9. The molecule has 0 bridgehead atoms. The van der Waals surface area contributed by atoms with Gasteiger partial charge in [-0.05, 0) is 42.7 Å². The Kier molecular flexibility index (Phi) is 8.48. The minimum absolute atomic E-state index is 0.0851. The summed E-state index contributed by atoms with van der Waals surface area (Å²) in [5.74, 6) is 1.12. The molecule has 0 saturated carbocycles. The average Bonchev–Trinajstić information content (AvgIpc) is 2.76. The molecule has 0 aromatic heterocycles. The number of hydrogen-bond acceptors (Lipinski definition) is 4. The molecule has 0 unspecified atom stereocenters. The zero-order valence-corrected chi connectivity index (χ0v) is 19.5. The van der Waals surface area contributed by atoms with Gasteiger partial charge in [-0.3, -0.25) is 4.79 Å². The van der Waals surface area contributed by atoms with Gasteiger partial charge in [0.1, 0.15) is 0 Å². The van der Waals surface area contributed by atoms with Crippen molar-refractivity contribution in [3.05, 3.63) is 64.1 Å². The van der Waals surface area contributed by atoms with Crippen LogP contribution in [0.4, 0.5) is 0 Å². The Morgan fingerprint density at radius 3 is 2.63 bits per heavy atom. The van der Waals surface area contributed by atoms with E-state index in [1.54, 1.807) is 48.2 Å². The van der Waals surface area contributed by atoms with Crippen molar-refractivity contribution in [1.29, 1.82) is 0 Å². The molecule has 1 aliphatic rings. The van der Waals surface area contributed by atoms with Crippen LogP contribution in [0.15, 0.2) is 53.4 Å². The molecule has 1 saturated heterocycles. The van der Waals surface area contributed by atoms with Crippen LogP contribution in [0.2, 0.25) is 10.0 Å². The summed E-state index contributed by atoms with van der Waals surface area (Å²) in [4.78, 5) is 12.8. The molecule has 1 N–H and O–H groups in total. The first-order valence-corrected chi connectivity index (χ1v) is 13.1. The third-order valence-electron chi connectivity index (χ3n) is 4.93. The number of sulfonamides is 1. The van der Waals surface area contributed by atoms with Gasteiger partial charge in [0, 0.05) is 31.1 Å². The third kappa shape index (κ3) is 6.14. The predicted octanol–water partition coefficient (Wildman–Crippen LogP) is 4.44. The monoisotopic (exact) mass is 486 g/mol. The summed E-state index contributed by atoms with van der Waals surface area (Å²) in [6.07, 6.45) is 1.37. The van der Waals surface area contributed by atoms with E-state index in [1.807, 2.05) is 12.1 Å². The highest BCUT2D eigenvalue weighted by atomic mass is 35.5. The van der Waals surface area contributed by atoms with E-state index in [1.165, 1.54) is 4.31 Å². The van der Waals surface area contributed by atoms with Gasteiger partial charge in [0.25, 0.3) is 0 Å². The van der Waals surface area contributed by atoms with Gasteiger partial charge in [0.05, 0.1) is 20.9 Å². The normalized spacial score (nSPS) is 17.6. The zero-order valence-electron chi connectivity index (χ0n) is 16.4. The third-order valence-corrected chi connectivity index (χ3v) is 8.58. The van der Waals surface area contributed by atoms with E-state index in [0.717, 1.165) is 17.1 Å². The lowest BCUT2D eigenvalue weighted by molar-refractivity contribution is -0.125. The summed E-state index contributed by atoms with van der Waals surface area (Å²) in [7, 11) is -3.57. The number of nitrogens with one attached hydrogen (secondary N) is 1. The second-order valence-corrected chi connectivity index (χ2v) is 11.0. The van der Waals surface area contributed by atoms with Gasteiger partial charge in [-0.1, -0.05) is 47.5 Å². The lowest BCUT2D eigenvalue weighted by Gasteiger charge is -2.31. The predicted molar refractivity (Wildman–Crippen MR) is 124 cm³/mol. The topological polar surface area (TPSA) is 66.5 Å². The van der Waals surface area contributed by atoms with Gasteiger partial charge >= 0.3 is 0 Å². The molecule has 1 heterocycles. The van der Waals surface area contributed by atoms with Crippen LogP contribution in [0.3, 0.4) is 0 Å². The van der Waals surface area contributed by atoms with Crippen LogP contribution in [0.5, 0.6) is 0 Å². The fraction of sp³-hybridized carbons (Fsp3) is 0.381. The summed E-state index contributed by atoms with van der Waals surface area (Å²) >= 11 is 13.6. The fourth-order valence-electron chi connectivity index (χ4n) is 3.33. The molecule has 1 aliphatic heterocycles. The smallest absolute Gasteiger partial charge is 0.243 e. The number of carbonyl (C=O) groups is 1. The number of carbonyl (C=O) groups excluding carboxylic acids is 1. The maximum absolute atomic E-state index is 12.8. The largest absolute Gasteiger partial charge is 0.355 e. The molecule has 3 rings (SSSR count). The Hall–Kier alpha value is -1.25. The second-order valence-electron chi connectivity index (χ2n) is 7.11. The van der Waals surface area contributed by atoms with Crippen molar-refractivity contribution < 1.29 is 13.2 Å². The van der Waals surface area contributed by atoms with Crippen molar-refractivity contribution in [2.75, 3.05) is 25.4 Å². The molecule has 0 radical (unpaired) electrons. The first kappa shape index (κ1) is 23.4. The maximum Gasteiger partial charge on any atom is 0.243 e. The van der Waals surface area contributed by atoms with Crippen LogP contribution in [0.25, 0.3) is 0 Å². The molecular weight excluding hydrogens is 463 g/mol. The van der Waals surface area contributed by atoms with E-state index in [0.29, 0.717) is 36.0 Å². The van der Waals surface area contributed by atoms with Crippen LogP contribution in [0.1, 0.15) is 18.4 Å². The van der Waals surface area contributed by atoms with E-state index in [-0.39, 0.29) is 23.3 Å². The minimum Gasteiger partial charge on any atom is -0.355 e. The standard InChI is InChI=1S/C21H24Cl2N2O3S2/c22-19-9-8-16(13-20(19)23)15-29-12-10-24-21(26)17-5-4-11-25(14-17)30(27,28)18-6-2-1-3-7-18/h1-3,6-9,13,17H,4-5,10-12,14-15H2,(H,24,26)/t17-/m0/s1. The molecule has 1 atom stereocenters. The van der Waals surface area contributed by atoms with E-state index in [4.69, 9.17) is 23.2 Å². The summed E-state index contributed by atoms with van der Waals surface area (Å²) < 4.78 is 27.0. The number of amides is 1. The van der Waals surface area contributed by atoms with E-state index < -0.39 is 10.0 Å². The van der Waals surface area contributed by atoms with Gasteiger partial charge in [0.2, 0.25) is 15.9 Å². The lowest BCUT2D eigenvalue weighted by Crippen LogP contribution is -2.45. The summed E-state index contributed by atoms with van der Waals surface area (Å²) in [5.41, 5.74) is 1.08. The molecule has 2 aromatic rings. The van der Waals surface area contributed by atoms with Crippen molar-refractivity contribution in [3.8, 4) is 0 Å². The van der Waals surface area contributed by atoms with Gasteiger partial charge in [-0.25, -0.2) is 8.42 Å².